The SMILES string of the molecule is O=C(CCc1nc2ccccc2[nH]1)N1Cc2cnn(CCO)c2C1. The molecule has 0 unspecified atom stereocenters. The van der Waals surface area contributed by atoms with Crippen LogP contribution in [0.4, 0.5) is 0 Å². The van der Waals surface area contributed by atoms with Crippen LogP contribution >= 0.6 is 0 Å². The Bertz CT molecular complexity index is 849. The summed E-state index contributed by atoms with van der Waals surface area (Å²) in [7, 11) is 0. The van der Waals surface area contributed by atoms with E-state index in [-0.39, 0.29) is 12.5 Å². The zero-order valence-corrected chi connectivity index (χ0v) is 13.3. The summed E-state index contributed by atoms with van der Waals surface area (Å²) in [5, 5.41) is 13.3. The monoisotopic (exact) mass is 325 g/mol. The Labute approximate surface area is 138 Å². The molecule has 3 heterocycles. The minimum absolute atomic E-state index is 0.0497. The van der Waals surface area contributed by atoms with Crippen molar-refractivity contribution in [2.24, 2.45) is 0 Å². The second kappa shape index (κ2) is 6.09. The molecule has 2 aromatic heterocycles. The van der Waals surface area contributed by atoms with Crippen LogP contribution in [0.15, 0.2) is 30.5 Å². The lowest BCUT2D eigenvalue weighted by Gasteiger charge is -2.15. The average molecular weight is 325 g/mol. The van der Waals surface area contributed by atoms with Crippen molar-refractivity contribution in [1.29, 1.82) is 0 Å². The van der Waals surface area contributed by atoms with Gasteiger partial charge in [-0.15, -0.1) is 0 Å². The molecular formula is C17H19N5O2. The number of H-pyrrole nitrogens is 1. The van der Waals surface area contributed by atoms with E-state index < -0.39 is 0 Å². The summed E-state index contributed by atoms with van der Waals surface area (Å²) < 4.78 is 1.78. The first-order valence-corrected chi connectivity index (χ1v) is 8.10. The zero-order chi connectivity index (χ0) is 16.5. The van der Waals surface area contributed by atoms with Gasteiger partial charge in [-0.05, 0) is 12.1 Å². The van der Waals surface area contributed by atoms with Crippen molar-refractivity contribution < 1.29 is 9.90 Å². The van der Waals surface area contributed by atoms with Crippen LogP contribution < -0.4 is 0 Å². The second-order valence-electron chi connectivity index (χ2n) is 6.01. The van der Waals surface area contributed by atoms with Crippen LogP contribution in [0.1, 0.15) is 23.5 Å². The standard InChI is InChI=1S/C17H19N5O2/c23-8-7-22-15-11-21(10-12(15)9-18-22)17(24)6-5-16-19-13-3-1-2-4-14(13)20-16/h1-4,9,23H,5-8,10-11H2,(H,19,20). The first-order chi connectivity index (χ1) is 11.7. The molecule has 0 aliphatic carbocycles. The molecule has 0 saturated heterocycles. The summed E-state index contributed by atoms with van der Waals surface area (Å²) in [5.41, 5.74) is 4.02. The number of imidazole rings is 1. The van der Waals surface area contributed by atoms with Crippen LogP contribution in [-0.4, -0.2) is 42.3 Å². The summed E-state index contributed by atoms with van der Waals surface area (Å²) >= 11 is 0. The van der Waals surface area contributed by atoms with Crippen LogP contribution in [0.5, 0.6) is 0 Å². The second-order valence-corrected chi connectivity index (χ2v) is 6.01. The van der Waals surface area contributed by atoms with Gasteiger partial charge in [0.1, 0.15) is 5.82 Å². The van der Waals surface area contributed by atoms with E-state index in [1.807, 2.05) is 29.2 Å². The Morgan fingerprint density at radius 3 is 3.00 bits per heavy atom. The third-order valence-corrected chi connectivity index (χ3v) is 4.42. The molecule has 4 rings (SSSR count). The van der Waals surface area contributed by atoms with Gasteiger partial charge in [0.25, 0.3) is 0 Å². The minimum Gasteiger partial charge on any atom is -0.394 e. The molecule has 1 aliphatic heterocycles. The highest BCUT2D eigenvalue weighted by Gasteiger charge is 2.26. The number of benzene rings is 1. The molecule has 7 heteroatoms. The van der Waals surface area contributed by atoms with Gasteiger partial charge < -0.3 is 15.0 Å². The van der Waals surface area contributed by atoms with E-state index in [1.54, 1.807) is 10.9 Å². The maximum Gasteiger partial charge on any atom is 0.223 e. The van der Waals surface area contributed by atoms with Crippen LogP contribution in [0.2, 0.25) is 0 Å². The van der Waals surface area contributed by atoms with Crippen molar-refractivity contribution >= 4 is 16.9 Å². The van der Waals surface area contributed by atoms with Gasteiger partial charge in [-0.2, -0.15) is 5.10 Å². The number of nitrogens with one attached hydrogen (secondary N) is 1. The molecule has 7 nitrogen and oxygen atoms in total. The van der Waals surface area contributed by atoms with Crippen molar-refractivity contribution in [3.8, 4) is 0 Å². The Morgan fingerprint density at radius 1 is 1.29 bits per heavy atom. The number of aryl methyl sites for hydroxylation is 1. The number of aliphatic hydroxyl groups excluding tert-OH is 1. The van der Waals surface area contributed by atoms with Crippen LogP contribution in [0.25, 0.3) is 11.0 Å². The summed E-state index contributed by atoms with van der Waals surface area (Å²) in [6.07, 6.45) is 2.82. The lowest BCUT2D eigenvalue weighted by Crippen LogP contribution is -2.26. The van der Waals surface area contributed by atoms with Gasteiger partial charge in [0.05, 0.1) is 42.6 Å². The fraction of sp³-hybridized carbons (Fsp3) is 0.353. The molecule has 0 fully saturated rings. The number of rotatable bonds is 5. The molecule has 3 aromatic rings. The number of nitrogens with zero attached hydrogens (tertiary/aromatic N) is 4. The maximum absolute atomic E-state index is 12.5. The maximum atomic E-state index is 12.5. The lowest BCUT2D eigenvalue weighted by atomic mass is 10.2. The van der Waals surface area contributed by atoms with Gasteiger partial charge in [0.2, 0.25) is 5.91 Å². The van der Waals surface area contributed by atoms with Gasteiger partial charge in [-0.1, -0.05) is 12.1 Å². The number of carbonyl (C=O) groups excluding carboxylic acids is 1. The van der Waals surface area contributed by atoms with Gasteiger partial charge in [-0.3, -0.25) is 9.48 Å². The fourth-order valence-electron chi connectivity index (χ4n) is 3.18. The molecule has 1 aromatic carbocycles. The van der Waals surface area contributed by atoms with Crippen molar-refractivity contribution in [2.45, 2.75) is 32.5 Å². The molecule has 0 spiro atoms. The van der Waals surface area contributed by atoms with E-state index in [9.17, 15) is 4.79 Å². The van der Waals surface area contributed by atoms with Gasteiger partial charge in [-0.25, -0.2) is 4.98 Å². The highest BCUT2D eigenvalue weighted by molar-refractivity contribution is 5.78. The van der Waals surface area contributed by atoms with Crippen molar-refractivity contribution in [2.75, 3.05) is 6.61 Å². The minimum atomic E-state index is 0.0497. The number of fused-ring (bicyclic) bond motifs is 2. The van der Waals surface area contributed by atoms with Crippen LogP contribution in [0.3, 0.4) is 0 Å². The highest BCUT2D eigenvalue weighted by Crippen LogP contribution is 2.23. The first kappa shape index (κ1) is 14.9. The van der Waals surface area contributed by atoms with E-state index in [0.29, 0.717) is 32.5 Å². The fourth-order valence-corrected chi connectivity index (χ4v) is 3.18. The van der Waals surface area contributed by atoms with Gasteiger partial charge in [0, 0.05) is 24.9 Å². The van der Waals surface area contributed by atoms with E-state index in [4.69, 9.17) is 5.11 Å². The molecular weight excluding hydrogens is 306 g/mol. The Hall–Kier alpha value is -2.67. The highest BCUT2D eigenvalue weighted by atomic mass is 16.3. The summed E-state index contributed by atoms with van der Waals surface area (Å²) in [5.74, 6) is 0.954. The van der Waals surface area contributed by atoms with E-state index in [0.717, 1.165) is 28.1 Å². The van der Waals surface area contributed by atoms with E-state index >= 15 is 0 Å². The molecule has 1 aliphatic rings. The Balaban J connectivity index is 1.38. The largest absolute Gasteiger partial charge is 0.394 e. The number of amides is 1. The Kier molecular flexibility index (Phi) is 3.78. The van der Waals surface area contributed by atoms with E-state index in [2.05, 4.69) is 15.1 Å². The van der Waals surface area contributed by atoms with Gasteiger partial charge >= 0.3 is 0 Å². The third-order valence-electron chi connectivity index (χ3n) is 4.42. The van der Waals surface area contributed by atoms with Crippen molar-refractivity contribution in [3.05, 3.63) is 47.5 Å². The molecule has 0 radical (unpaired) electrons. The molecule has 1 amide bonds. The predicted octanol–water partition coefficient (Wildman–Crippen LogP) is 1.23. The quantitative estimate of drug-likeness (QED) is 0.738. The van der Waals surface area contributed by atoms with Crippen LogP contribution in [0, 0.1) is 0 Å². The predicted molar refractivity (Wildman–Crippen MR) is 88.0 cm³/mol. The third kappa shape index (κ3) is 2.67. The molecule has 2 N–H and O–H groups in total. The average Bonchev–Trinajstić information content (AvgIpc) is 3.27. The molecule has 0 atom stereocenters. The topological polar surface area (TPSA) is 87.0 Å². The number of para-hydroxylation sites is 2. The zero-order valence-electron chi connectivity index (χ0n) is 13.3. The number of carbonyl (C=O) groups is 1. The summed E-state index contributed by atoms with van der Waals surface area (Å²) in [6, 6.07) is 7.86. The molecule has 24 heavy (non-hydrogen) atoms. The number of hydrogen-bond donors (Lipinski definition) is 2. The van der Waals surface area contributed by atoms with Crippen molar-refractivity contribution in [1.82, 2.24) is 24.6 Å². The van der Waals surface area contributed by atoms with E-state index in [1.165, 1.54) is 0 Å². The van der Waals surface area contributed by atoms with Gasteiger partial charge in [0.15, 0.2) is 0 Å². The Morgan fingerprint density at radius 2 is 2.17 bits per heavy atom. The summed E-state index contributed by atoms with van der Waals surface area (Å²) in [6.45, 7) is 1.68. The first-order valence-electron chi connectivity index (χ1n) is 8.10. The molecule has 124 valence electrons. The smallest absolute Gasteiger partial charge is 0.223 e. The molecule has 0 bridgehead atoms. The summed E-state index contributed by atoms with van der Waals surface area (Å²) in [4.78, 5) is 22.1. The number of aliphatic hydroxyl groups is 1. The number of hydrogen-bond acceptors (Lipinski definition) is 4. The molecule has 0 saturated carbocycles. The normalized spacial score (nSPS) is 13.6. The lowest BCUT2D eigenvalue weighted by molar-refractivity contribution is -0.131. The van der Waals surface area contributed by atoms with Crippen LogP contribution in [-0.2, 0) is 30.8 Å². The number of aromatic amines is 1. The number of aromatic nitrogens is 4. The van der Waals surface area contributed by atoms with Crippen molar-refractivity contribution in [3.63, 3.8) is 0 Å².